The van der Waals surface area contributed by atoms with Gasteiger partial charge >= 0.3 is 5.97 Å². The van der Waals surface area contributed by atoms with Crippen LogP contribution in [0.25, 0.3) is 0 Å². The smallest absolute Gasteiger partial charge is 0.303 e. The van der Waals surface area contributed by atoms with Gasteiger partial charge in [0.15, 0.2) is 5.13 Å². The summed E-state index contributed by atoms with van der Waals surface area (Å²) in [5.41, 5.74) is 0.881. The van der Waals surface area contributed by atoms with Crippen LogP contribution in [-0.4, -0.2) is 22.6 Å². The summed E-state index contributed by atoms with van der Waals surface area (Å²) < 4.78 is 0. The van der Waals surface area contributed by atoms with E-state index in [-0.39, 0.29) is 6.42 Å². The van der Waals surface area contributed by atoms with Crippen molar-refractivity contribution >= 4 is 22.4 Å². The van der Waals surface area contributed by atoms with Crippen LogP contribution in [0.2, 0.25) is 0 Å². The molecule has 0 aliphatic heterocycles. The zero-order valence-corrected chi connectivity index (χ0v) is 10.6. The standard InChI is InChI=1S/C12H18N2O2S/c15-11(16)6-5-10-8-17-12(14-10)13-7-9-3-1-2-4-9/h8-9H,1-7H2,(H,13,14)(H,15,16). The minimum Gasteiger partial charge on any atom is -0.481 e. The maximum atomic E-state index is 10.4. The molecular formula is C12H18N2O2S. The average Bonchev–Trinajstić information content (AvgIpc) is 2.95. The third kappa shape index (κ3) is 4.00. The van der Waals surface area contributed by atoms with Crippen LogP contribution in [-0.2, 0) is 11.2 Å². The van der Waals surface area contributed by atoms with Crippen LogP contribution in [0.1, 0.15) is 37.8 Å². The number of aryl methyl sites for hydroxylation is 1. The minimum absolute atomic E-state index is 0.159. The summed E-state index contributed by atoms with van der Waals surface area (Å²) in [6.45, 7) is 1.01. The third-order valence-electron chi connectivity index (χ3n) is 3.16. The molecule has 0 aromatic carbocycles. The van der Waals surface area contributed by atoms with Crippen molar-refractivity contribution in [3.63, 3.8) is 0 Å². The molecule has 2 rings (SSSR count). The molecular weight excluding hydrogens is 236 g/mol. The number of aromatic nitrogens is 1. The zero-order valence-electron chi connectivity index (χ0n) is 9.82. The molecule has 0 spiro atoms. The van der Waals surface area contributed by atoms with Gasteiger partial charge in [-0.2, -0.15) is 0 Å². The lowest BCUT2D eigenvalue weighted by atomic mass is 10.1. The second-order valence-corrected chi connectivity index (χ2v) is 5.43. The molecule has 4 nitrogen and oxygen atoms in total. The van der Waals surface area contributed by atoms with Gasteiger partial charge in [-0.3, -0.25) is 4.79 Å². The lowest BCUT2D eigenvalue weighted by Gasteiger charge is -2.08. The van der Waals surface area contributed by atoms with E-state index in [1.165, 1.54) is 25.7 Å². The number of carboxylic acids is 1. The summed E-state index contributed by atoms with van der Waals surface area (Å²) in [4.78, 5) is 14.8. The van der Waals surface area contributed by atoms with E-state index in [2.05, 4.69) is 10.3 Å². The molecule has 2 N–H and O–H groups in total. The molecule has 0 bridgehead atoms. The quantitative estimate of drug-likeness (QED) is 0.819. The number of thiazole rings is 1. The zero-order chi connectivity index (χ0) is 12.1. The molecule has 1 fully saturated rings. The molecule has 1 aromatic rings. The summed E-state index contributed by atoms with van der Waals surface area (Å²) in [7, 11) is 0. The lowest BCUT2D eigenvalue weighted by molar-refractivity contribution is -0.136. The van der Waals surface area contributed by atoms with Gasteiger partial charge in [-0.1, -0.05) is 12.8 Å². The van der Waals surface area contributed by atoms with E-state index in [0.29, 0.717) is 6.42 Å². The van der Waals surface area contributed by atoms with Crippen molar-refractivity contribution in [3.05, 3.63) is 11.1 Å². The Bertz CT molecular complexity index is 372. The van der Waals surface area contributed by atoms with Crippen LogP contribution >= 0.6 is 11.3 Å². The second kappa shape index (κ2) is 6.00. The van der Waals surface area contributed by atoms with E-state index in [1.54, 1.807) is 11.3 Å². The van der Waals surface area contributed by atoms with Gasteiger partial charge in [-0.05, 0) is 18.8 Å². The van der Waals surface area contributed by atoms with Crippen LogP contribution < -0.4 is 5.32 Å². The molecule has 17 heavy (non-hydrogen) atoms. The van der Waals surface area contributed by atoms with Gasteiger partial charge in [-0.15, -0.1) is 11.3 Å². The SMILES string of the molecule is O=C(O)CCc1csc(NCC2CCCC2)n1. The molecule has 1 aliphatic rings. The number of rotatable bonds is 6. The van der Waals surface area contributed by atoms with Crippen molar-refractivity contribution in [2.24, 2.45) is 5.92 Å². The number of nitrogens with one attached hydrogen (secondary N) is 1. The molecule has 0 saturated heterocycles. The van der Waals surface area contributed by atoms with Gasteiger partial charge in [0, 0.05) is 18.3 Å². The van der Waals surface area contributed by atoms with Crippen molar-refractivity contribution < 1.29 is 9.90 Å². The molecule has 0 radical (unpaired) electrons. The monoisotopic (exact) mass is 254 g/mol. The molecule has 0 unspecified atom stereocenters. The summed E-state index contributed by atoms with van der Waals surface area (Å²) >= 11 is 1.57. The van der Waals surface area contributed by atoms with E-state index in [1.807, 2.05) is 5.38 Å². The predicted molar refractivity (Wildman–Crippen MR) is 68.5 cm³/mol. The maximum absolute atomic E-state index is 10.4. The van der Waals surface area contributed by atoms with Gasteiger partial charge in [0.2, 0.25) is 0 Å². The van der Waals surface area contributed by atoms with Crippen molar-refractivity contribution in [3.8, 4) is 0 Å². The van der Waals surface area contributed by atoms with E-state index in [9.17, 15) is 4.79 Å². The first-order valence-corrected chi connectivity index (χ1v) is 7.02. The first-order chi connectivity index (χ1) is 8.24. The summed E-state index contributed by atoms with van der Waals surface area (Å²) in [6, 6.07) is 0. The van der Waals surface area contributed by atoms with Crippen molar-refractivity contribution in [2.45, 2.75) is 38.5 Å². The fourth-order valence-corrected chi connectivity index (χ4v) is 2.94. The molecule has 1 saturated carbocycles. The highest BCUT2D eigenvalue weighted by molar-refractivity contribution is 7.13. The number of aliphatic carboxylic acids is 1. The second-order valence-electron chi connectivity index (χ2n) is 4.57. The van der Waals surface area contributed by atoms with E-state index >= 15 is 0 Å². The van der Waals surface area contributed by atoms with Gasteiger partial charge in [0.1, 0.15) is 0 Å². The topological polar surface area (TPSA) is 62.2 Å². The van der Waals surface area contributed by atoms with Crippen LogP contribution in [0.5, 0.6) is 0 Å². The van der Waals surface area contributed by atoms with Crippen LogP contribution in [0.4, 0.5) is 5.13 Å². The Morgan fingerprint density at radius 2 is 2.29 bits per heavy atom. The van der Waals surface area contributed by atoms with Crippen molar-refractivity contribution in [1.29, 1.82) is 0 Å². The van der Waals surface area contributed by atoms with E-state index in [4.69, 9.17) is 5.11 Å². The summed E-state index contributed by atoms with van der Waals surface area (Å²) in [5, 5.41) is 14.8. The normalized spacial score (nSPS) is 16.2. The Kier molecular flexibility index (Phi) is 4.36. The molecule has 94 valence electrons. The Balaban J connectivity index is 1.75. The maximum Gasteiger partial charge on any atom is 0.303 e. The average molecular weight is 254 g/mol. The van der Waals surface area contributed by atoms with E-state index in [0.717, 1.165) is 23.3 Å². The summed E-state index contributed by atoms with van der Waals surface area (Å²) in [5.74, 6) is 0.0276. The fraction of sp³-hybridized carbons (Fsp3) is 0.667. The molecule has 1 aromatic heterocycles. The highest BCUT2D eigenvalue weighted by Gasteiger charge is 2.15. The third-order valence-corrected chi connectivity index (χ3v) is 4.01. The highest BCUT2D eigenvalue weighted by atomic mass is 32.1. The van der Waals surface area contributed by atoms with Gasteiger partial charge in [-0.25, -0.2) is 4.98 Å². The van der Waals surface area contributed by atoms with Gasteiger partial charge in [0.25, 0.3) is 0 Å². The summed E-state index contributed by atoms with van der Waals surface area (Å²) in [6.07, 6.45) is 6.04. The largest absolute Gasteiger partial charge is 0.481 e. The Morgan fingerprint density at radius 3 is 3.00 bits per heavy atom. The van der Waals surface area contributed by atoms with Crippen molar-refractivity contribution in [1.82, 2.24) is 4.98 Å². The molecule has 0 atom stereocenters. The number of carboxylic acid groups (broad SMARTS) is 1. The first-order valence-electron chi connectivity index (χ1n) is 6.14. The van der Waals surface area contributed by atoms with Crippen molar-refractivity contribution in [2.75, 3.05) is 11.9 Å². The minimum atomic E-state index is -0.765. The van der Waals surface area contributed by atoms with Crippen LogP contribution in [0, 0.1) is 5.92 Å². The Hall–Kier alpha value is -1.10. The molecule has 0 amide bonds. The van der Waals surface area contributed by atoms with Crippen LogP contribution in [0.15, 0.2) is 5.38 Å². The molecule has 1 aliphatic carbocycles. The highest BCUT2D eigenvalue weighted by Crippen LogP contribution is 2.25. The van der Waals surface area contributed by atoms with Gasteiger partial charge < -0.3 is 10.4 Å². The predicted octanol–water partition coefficient (Wildman–Crippen LogP) is 2.76. The van der Waals surface area contributed by atoms with E-state index < -0.39 is 5.97 Å². The molecule has 5 heteroatoms. The van der Waals surface area contributed by atoms with Crippen LogP contribution in [0.3, 0.4) is 0 Å². The fourth-order valence-electron chi connectivity index (χ4n) is 2.18. The number of carbonyl (C=O) groups is 1. The number of nitrogens with zero attached hydrogens (tertiary/aromatic N) is 1. The first kappa shape index (κ1) is 12.4. The number of anilines is 1. The molecule has 1 heterocycles. The Labute approximate surface area is 105 Å². The lowest BCUT2D eigenvalue weighted by Crippen LogP contribution is -2.10. The Morgan fingerprint density at radius 1 is 1.53 bits per heavy atom. The number of hydrogen-bond acceptors (Lipinski definition) is 4. The van der Waals surface area contributed by atoms with Gasteiger partial charge in [0.05, 0.1) is 12.1 Å². The number of hydrogen-bond donors (Lipinski definition) is 2.